The molecular formula is C23H30FN3O4S. The summed E-state index contributed by atoms with van der Waals surface area (Å²) in [6.07, 6.45) is 1.14. The van der Waals surface area contributed by atoms with E-state index < -0.39 is 21.9 Å². The summed E-state index contributed by atoms with van der Waals surface area (Å²) in [5.41, 5.74) is 1.40. The smallest absolute Gasteiger partial charge is 0.304 e. The minimum atomic E-state index is -3.82. The molecule has 0 bridgehead atoms. The van der Waals surface area contributed by atoms with Gasteiger partial charge in [0.05, 0.1) is 18.2 Å². The highest BCUT2D eigenvalue weighted by molar-refractivity contribution is 7.90. The number of amides is 1. The third-order valence-electron chi connectivity index (χ3n) is 5.52. The number of hydrogen-bond donors (Lipinski definition) is 1. The third-order valence-corrected chi connectivity index (χ3v) is 7.53. The number of rotatable bonds is 8. The van der Waals surface area contributed by atoms with Crippen molar-refractivity contribution in [2.45, 2.75) is 33.6 Å². The zero-order valence-electron chi connectivity index (χ0n) is 18.7. The number of nitrogens with zero attached hydrogens (tertiary/aromatic N) is 2. The number of nitrogens with one attached hydrogen (secondary N) is 1. The maximum Gasteiger partial charge on any atom is 0.304 e. The van der Waals surface area contributed by atoms with E-state index in [1.807, 2.05) is 6.92 Å². The predicted octanol–water partition coefficient (Wildman–Crippen LogP) is 3.95. The number of ether oxygens (including phenoxy) is 1. The van der Waals surface area contributed by atoms with Crippen LogP contribution in [0.4, 0.5) is 15.8 Å². The number of aryl methyl sites for hydroxylation is 1. The van der Waals surface area contributed by atoms with Crippen molar-refractivity contribution in [3.8, 4) is 5.75 Å². The van der Waals surface area contributed by atoms with Gasteiger partial charge in [-0.3, -0.25) is 9.10 Å². The zero-order chi connectivity index (χ0) is 23.3. The predicted molar refractivity (Wildman–Crippen MR) is 124 cm³/mol. The van der Waals surface area contributed by atoms with E-state index in [-0.39, 0.29) is 19.0 Å². The Hall–Kier alpha value is -2.65. The van der Waals surface area contributed by atoms with Gasteiger partial charge in [-0.2, -0.15) is 12.7 Å². The Morgan fingerprint density at radius 2 is 1.94 bits per heavy atom. The van der Waals surface area contributed by atoms with E-state index in [0.29, 0.717) is 48.7 Å². The lowest BCUT2D eigenvalue weighted by Crippen LogP contribution is -2.50. The van der Waals surface area contributed by atoms with E-state index in [1.54, 1.807) is 50.2 Å². The summed E-state index contributed by atoms with van der Waals surface area (Å²) in [4.78, 5) is 12.8. The van der Waals surface area contributed by atoms with Crippen molar-refractivity contribution >= 4 is 27.5 Å². The van der Waals surface area contributed by atoms with Crippen LogP contribution < -0.4 is 14.4 Å². The molecule has 0 radical (unpaired) electrons. The summed E-state index contributed by atoms with van der Waals surface area (Å²) in [5, 5.41) is 2.72. The lowest BCUT2D eigenvalue weighted by atomic mass is 9.98. The lowest BCUT2D eigenvalue weighted by Gasteiger charge is -2.35. The normalized spacial score (nSPS) is 17.1. The first-order valence-electron chi connectivity index (χ1n) is 10.8. The number of carbonyl (C=O) groups excluding carboxylic acids is 1. The minimum absolute atomic E-state index is 0.0794. The van der Waals surface area contributed by atoms with Gasteiger partial charge in [-0.25, -0.2) is 4.39 Å². The van der Waals surface area contributed by atoms with Crippen LogP contribution >= 0.6 is 0 Å². The average molecular weight is 464 g/mol. The number of piperidine rings is 1. The Balaban J connectivity index is 1.72. The van der Waals surface area contributed by atoms with Crippen LogP contribution in [0, 0.1) is 18.7 Å². The van der Waals surface area contributed by atoms with Gasteiger partial charge in [-0.05, 0) is 75.6 Å². The number of carbonyl (C=O) groups is 1. The summed E-state index contributed by atoms with van der Waals surface area (Å²) in [6, 6.07) is 11.4. The van der Waals surface area contributed by atoms with Crippen LogP contribution in [0.2, 0.25) is 0 Å². The summed E-state index contributed by atoms with van der Waals surface area (Å²) in [5.74, 6) is -0.546. The molecule has 0 saturated carbocycles. The molecule has 1 heterocycles. The van der Waals surface area contributed by atoms with Gasteiger partial charge in [-0.15, -0.1) is 0 Å². The SMILES string of the molecule is CCOc1ccc(N(CC)S(=O)(=O)N2CCCC(C(=O)Nc3ccc(C)c(F)c3)C2)cc1. The minimum Gasteiger partial charge on any atom is -0.494 e. The van der Waals surface area contributed by atoms with Crippen LogP contribution in [0.5, 0.6) is 5.75 Å². The Morgan fingerprint density at radius 3 is 2.56 bits per heavy atom. The van der Waals surface area contributed by atoms with E-state index >= 15 is 0 Å². The van der Waals surface area contributed by atoms with Crippen LogP contribution in [0.25, 0.3) is 0 Å². The molecule has 1 aliphatic rings. The number of hydrogen-bond acceptors (Lipinski definition) is 4. The molecule has 0 aliphatic carbocycles. The first-order valence-corrected chi connectivity index (χ1v) is 12.2. The van der Waals surface area contributed by atoms with E-state index in [1.165, 1.54) is 14.7 Å². The lowest BCUT2D eigenvalue weighted by molar-refractivity contribution is -0.120. The summed E-state index contributed by atoms with van der Waals surface area (Å²) < 4.78 is 48.7. The largest absolute Gasteiger partial charge is 0.494 e. The Labute approximate surface area is 189 Å². The van der Waals surface area contributed by atoms with Crippen molar-refractivity contribution in [2.75, 3.05) is 35.9 Å². The molecule has 3 rings (SSSR count). The molecule has 1 saturated heterocycles. The van der Waals surface area contributed by atoms with E-state index in [9.17, 15) is 17.6 Å². The number of benzene rings is 2. The average Bonchev–Trinajstić information content (AvgIpc) is 2.78. The molecule has 7 nitrogen and oxygen atoms in total. The van der Waals surface area contributed by atoms with E-state index in [0.717, 1.165) is 0 Å². The second kappa shape index (κ2) is 10.3. The van der Waals surface area contributed by atoms with Crippen molar-refractivity contribution in [1.29, 1.82) is 0 Å². The first kappa shape index (κ1) is 24.0. The third kappa shape index (κ3) is 5.39. The van der Waals surface area contributed by atoms with Crippen molar-refractivity contribution in [1.82, 2.24) is 4.31 Å². The molecule has 2 aromatic rings. The number of halogens is 1. The molecular weight excluding hydrogens is 433 g/mol. The van der Waals surface area contributed by atoms with Gasteiger partial charge in [0, 0.05) is 25.3 Å². The second-order valence-corrected chi connectivity index (χ2v) is 9.60. The molecule has 1 aliphatic heterocycles. The van der Waals surface area contributed by atoms with Crippen LogP contribution in [0.3, 0.4) is 0 Å². The molecule has 0 aromatic heterocycles. The van der Waals surface area contributed by atoms with Crippen LogP contribution in [-0.2, 0) is 15.0 Å². The Morgan fingerprint density at radius 1 is 1.22 bits per heavy atom. The fourth-order valence-corrected chi connectivity index (χ4v) is 5.50. The fraction of sp³-hybridized carbons (Fsp3) is 0.435. The molecule has 1 fully saturated rings. The van der Waals surface area contributed by atoms with Gasteiger partial charge >= 0.3 is 10.2 Å². The molecule has 0 spiro atoms. The quantitative estimate of drug-likeness (QED) is 0.643. The van der Waals surface area contributed by atoms with E-state index in [2.05, 4.69) is 5.32 Å². The van der Waals surface area contributed by atoms with E-state index in [4.69, 9.17) is 4.74 Å². The summed E-state index contributed by atoms with van der Waals surface area (Å²) in [7, 11) is -3.82. The summed E-state index contributed by atoms with van der Waals surface area (Å²) >= 11 is 0. The fourth-order valence-electron chi connectivity index (χ4n) is 3.77. The van der Waals surface area contributed by atoms with Crippen molar-refractivity contribution in [3.63, 3.8) is 0 Å². The van der Waals surface area contributed by atoms with Gasteiger partial charge < -0.3 is 10.1 Å². The molecule has 2 aromatic carbocycles. The highest BCUT2D eigenvalue weighted by Crippen LogP contribution is 2.27. The van der Waals surface area contributed by atoms with Crippen molar-refractivity contribution in [2.24, 2.45) is 5.92 Å². The molecule has 1 unspecified atom stereocenters. The molecule has 1 N–H and O–H groups in total. The molecule has 1 amide bonds. The first-order chi connectivity index (χ1) is 15.3. The van der Waals surface area contributed by atoms with Gasteiger partial charge in [0.1, 0.15) is 11.6 Å². The van der Waals surface area contributed by atoms with Crippen LogP contribution in [-0.4, -0.2) is 44.9 Å². The molecule has 174 valence electrons. The highest BCUT2D eigenvalue weighted by atomic mass is 32.2. The van der Waals surface area contributed by atoms with Gasteiger partial charge in [-0.1, -0.05) is 6.07 Å². The van der Waals surface area contributed by atoms with Crippen molar-refractivity contribution in [3.05, 3.63) is 53.8 Å². The monoisotopic (exact) mass is 463 g/mol. The highest BCUT2D eigenvalue weighted by Gasteiger charge is 2.35. The Bertz CT molecular complexity index is 1040. The topological polar surface area (TPSA) is 79.0 Å². The van der Waals surface area contributed by atoms with Gasteiger partial charge in [0.15, 0.2) is 0 Å². The van der Waals surface area contributed by atoms with Gasteiger partial charge in [0.2, 0.25) is 5.91 Å². The second-order valence-electron chi connectivity index (χ2n) is 7.75. The summed E-state index contributed by atoms with van der Waals surface area (Å²) in [6.45, 7) is 6.51. The standard InChI is InChI=1S/C23H30FN3O4S/c1-4-27(20-10-12-21(13-11-20)31-5-2)32(29,30)26-14-6-7-18(16-26)23(28)25-19-9-8-17(3)22(24)15-19/h8-13,15,18H,4-7,14,16H2,1-3H3,(H,25,28). The maximum absolute atomic E-state index is 13.8. The maximum atomic E-state index is 13.8. The molecule has 1 atom stereocenters. The molecule has 9 heteroatoms. The van der Waals surface area contributed by atoms with Gasteiger partial charge in [0.25, 0.3) is 0 Å². The zero-order valence-corrected chi connectivity index (χ0v) is 19.5. The van der Waals surface area contributed by atoms with Crippen LogP contribution in [0.15, 0.2) is 42.5 Å². The number of anilines is 2. The van der Waals surface area contributed by atoms with Crippen LogP contribution in [0.1, 0.15) is 32.3 Å². The van der Waals surface area contributed by atoms with Crippen molar-refractivity contribution < 1.29 is 22.3 Å². The Kier molecular flexibility index (Phi) is 7.73. The molecule has 32 heavy (non-hydrogen) atoms.